The van der Waals surface area contributed by atoms with Gasteiger partial charge < -0.3 is 4.74 Å². The zero-order valence-electron chi connectivity index (χ0n) is 12.4. The van der Waals surface area contributed by atoms with E-state index in [9.17, 15) is 4.79 Å². The Morgan fingerprint density at radius 1 is 1.25 bits per heavy atom. The van der Waals surface area contributed by atoms with Crippen molar-refractivity contribution < 1.29 is 9.53 Å². The summed E-state index contributed by atoms with van der Waals surface area (Å²) in [6.45, 7) is 5.03. The number of fused-ring (bicyclic) bond motifs is 1. The highest BCUT2D eigenvalue weighted by atomic mass is 16.5. The van der Waals surface area contributed by atoms with E-state index < -0.39 is 0 Å². The lowest BCUT2D eigenvalue weighted by Gasteiger charge is -2.33. The second kappa shape index (κ2) is 4.88. The Hall–Kier alpha value is -1.35. The number of hydrogen-bond acceptors (Lipinski definition) is 3. The molecule has 0 aromatic heterocycles. The lowest BCUT2D eigenvalue weighted by Crippen LogP contribution is -2.42. The molecule has 3 nitrogen and oxygen atoms in total. The van der Waals surface area contributed by atoms with Crippen LogP contribution >= 0.6 is 0 Å². The second-order valence-corrected chi connectivity index (χ2v) is 6.62. The van der Waals surface area contributed by atoms with E-state index in [-0.39, 0.29) is 16.8 Å². The molecule has 108 valence electrons. The van der Waals surface area contributed by atoms with E-state index in [0.717, 1.165) is 38.9 Å². The molecule has 1 heterocycles. The third-order valence-corrected chi connectivity index (χ3v) is 5.38. The summed E-state index contributed by atoms with van der Waals surface area (Å²) in [4.78, 5) is 14.8. The van der Waals surface area contributed by atoms with Crippen LogP contribution in [-0.2, 0) is 16.1 Å². The highest BCUT2D eigenvalue weighted by molar-refractivity contribution is 5.79. The van der Waals surface area contributed by atoms with Gasteiger partial charge in [0, 0.05) is 19.6 Å². The second-order valence-electron chi connectivity index (χ2n) is 6.62. The van der Waals surface area contributed by atoms with E-state index in [1.165, 1.54) is 12.7 Å². The molecule has 1 aromatic rings. The van der Waals surface area contributed by atoms with Crippen molar-refractivity contribution in [2.24, 2.45) is 10.8 Å². The third kappa shape index (κ3) is 1.96. The maximum absolute atomic E-state index is 12.4. The van der Waals surface area contributed by atoms with Crippen LogP contribution in [0.5, 0.6) is 0 Å². The number of ether oxygens (including phenoxy) is 1. The Bertz CT molecular complexity index is 501. The predicted molar refractivity (Wildman–Crippen MR) is 78.1 cm³/mol. The van der Waals surface area contributed by atoms with Crippen molar-refractivity contribution in [3.63, 3.8) is 0 Å². The number of benzene rings is 1. The minimum atomic E-state index is -0.281. The van der Waals surface area contributed by atoms with Gasteiger partial charge in [-0.15, -0.1) is 0 Å². The zero-order valence-corrected chi connectivity index (χ0v) is 12.4. The number of rotatable bonds is 3. The first-order chi connectivity index (χ1) is 9.60. The highest BCUT2D eigenvalue weighted by Gasteiger charge is 2.62. The van der Waals surface area contributed by atoms with Gasteiger partial charge in [0.05, 0.1) is 12.5 Å². The lowest BCUT2D eigenvalue weighted by atomic mass is 9.69. The normalized spacial score (nSPS) is 33.1. The minimum absolute atomic E-state index is 0.00642. The summed E-state index contributed by atoms with van der Waals surface area (Å²) < 4.78 is 5.14. The fourth-order valence-corrected chi connectivity index (χ4v) is 4.31. The van der Waals surface area contributed by atoms with Crippen LogP contribution in [-0.4, -0.2) is 31.1 Å². The van der Waals surface area contributed by atoms with Gasteiger partial charge in [-0.3, -0.25) is 9.69 Å². The van der Waals surface area contributed by atoms with Gasteiger partial charge in [0.15, 0.2) is 0 Å². The van der Waals surface area contributed by atoms with Crippen LogP contribution in [0.4, 0.5) is 0 Å². The molecule has 3 heteroatoms. The topological polar surface area (TPSA) is 29.5 Å². The van der Waals surface area contributed by atoms with Gasteiger partial charge >= 0.3 is 5.97 Å². The summed E-state index contributed by atoms with van der Waals surface area (Å²) in [6.07, 6.45) is 3.25. The van der Waals surface area contributed by atoms with Crippen LogP contribution < -0.4 is 0 Å². The van der Waals surface area contributed by atoms with E-state index in [4.69, 9.17) is 4.74 Å². The van der Waals surface area contributed by atoms with E-state index >= 15 is 0 Å². The van der Waals surface area contributed by atoms with Gasteiger partial charge in [0.25, 0.3) is 0 Å². The average Bonchev–Trinajstić information content (AvgIpc) is 2.89. The van der Waals surface area contributed by atoms with Crippen molar-refractivity contribution in [1.29, 1.82) is 0 Å². The standard InChI is InChI=1S/C17H23NO2/c1-16-9-6-10-17(16,15(19)20-2)13-18(12-16)11-14-7-4-3-5-8-14/h3-5,7-8H,6,9-13H2,1-2H3. The van der Waals surface area contributed by atoms with Gasteiger partial charge in [0.1, 0.15) is 0 Å². The molecule has 2 unspecified atom stereocenters. The molecule has 1 aliphatic heterocycles. The Balaban J connectivity index is 1.81. The molecule has 1 saturated carbocycles. The van der Waals surface area contributed by atoms with Gasteiger partial charge in [-0.2, -0.15) is 0 Å². The first-order valence-electron chi connectivity index (χ1n) is 7.44. The molecule has 0 spiro atoms. The summed E-state index contributed by atoms with van der Waals surface area (Å²) in [7, 11) is 1.52. The minimum Gasteiger partial charge on any atom is -0.469 e. The fourth-order valence-electron chi connectivity index (χ4n) is 4.31. The maximum atomic E-state index is 12.4. The van der Waals surface area contributed by atoms with Crippen molar-refractivity contribution in [3.05, 3.63) is 35.9 Å². The molecule has 1 aliphatic carbocycles. The summed E-state index contributed by atoms with van der Waals surface area (Å²) in [5.41, 5.74) is 1.11. The molecular weight excluding hydrogens is 250 g/mol. The monoisotopic (exact) mass is 273 g/mol. The van der Waals surface area contributed by atoms with Crippen molar-refractivity contribution >= 4 is 5.97 Å². The molecule has 3 rings (SSSR count). The number of carbonyl (C=O) groups is 1. The van der Waals surface area contributed by atoms with Gasteiger partial charge in [-0.1, -0.05) is 43.7 Å². The quantitative estimate of drug-likeness (QED) is 0.793. The molecule has 2 aliphatic rings. The van der Waals surface area contributed by atoms with Crippen molar-refractivity contribution in [3.8, 4) is 0 Å². The molecule has 1 aromatic carbocycles. The third-order valence-electron chi connectivity index (χ3n) is 5.38. The first kappa shape index (κ1) is 13.6. The highest BCUT2D eigenvalue weighted by Crippen LogP contribution is 2.58. The van der Waals surface area contributed by atoms with E-state index in [2.05, 4.69) is 36.1 Å². The van der Waals surface area contributed by atoms with Crippen molar-refractivity contribution in [2.45, 2.75) is 32.7 Å². The van der Waals surface area contributed by atoms with Crippen LogP contribution in [0.25, 0.3) is 0 Å². The number of likely N-dealkylation sites (tertiary alicyclic amines) is 1. The van der Waals surface area contributed by atoms with Crippen molar-refractivity contribution in [2.75, 3.05) is 20.2 Å². The van der Waals surface area contributed by atoms with Crippen LogP contribution in [0.3, 0.4) is 0 Å². The van der Waals surface area contributed by atoms with Gasteiger partial charge in [-0.25, -0.2) is 0 Å². The smallest absolute Gasteiger partial charge is 0.313 e. The SMILES string of the molecule is COC(=O)C12CCCC1(C)CN(Cc1ccccc1)C2. The fraction of sp³-hybridized carbons (Fsp3) is 0.588. The number of carbonyl (C=O) groups excluding carboxylic acids is 1. The molecule has 0 N–H and O–H groups in total. The van der Waals surface area contributed by atoms with Crippen LogP contribution in [0.1, 0.15) is 31.7 Å². The Labute approximate surface area is 120 Å². The number of methoxy groups -OCH3 is 1. The number of nitrogens with zero attached hydrogens (tertiary/aromatic N) is 1. The number of esters is 1. The molecule has 0 bridgehead atoms. The summed E-state index contributed by atoms with van der Waals surface area (Å²) in [5, 5.41) is 0. The molecule has 2 atom stereocenters. The number of hydrogen-bond donors (Lipinski definition) is 0. The van der Waals surface area contributed by atoms with Crippen LogP contribution in [0.15, 0.2) is 30.3 Å². The molecule has 2 fully saturated rings. The molecular formula is C17H23NO2. The molecule has 1 saturated heterocycles. The average molecular weight is 273 g/mol. The summed E-state index contributed by atoms with van der Waals surface area (Å²) >= 11 is 0. The molecule has 0 amide bonds. The largest absolute Gasteiger partial charge is 0.469 e. The molecule has 20 heavy (non-hydrogen) atoms. The van der Waals surface area contributed by atoms with E-state index in [1.54, 1.807) is 0 Å². The lowest BCUT2D eigenvalue weighted by molar-refractivity contribution is -0.156. The predicted octanol–water partition coefficient (Wildman–Crippen LogP) is 2.85. The van der Waals surface area contributed by atoms with Crippen LogP contribution in [0.2, 0.25) is 0 Å². The molecule has 0 radical (unpaired) electrons. The van der Waals surface area contributed by atoms with Gasteiger partial charge in [-0.05, 0) is 23.8 Å². The zero-order chi connectivity index (χ0) is 14.2. The van der Waals surface area contributed by atoms with Gasteiger partial charge in [0.2, 0.25) is 0 Å². The summed E-state index contributed by atoms with van der Waals surface area (Å²) in [6, 6.07) is 10.5. The maximum Gasteiger partial charge on any atom is 0.313 e. The first-order valence-corrected chi connectivity index (χ1v) is 7.44. The van der Waals surface area contributed by atoms with Crippen molar-refractivity contribution in [1.82, 2.24) is 4.90 Å². The van der Waals surface area contributed by atoms with E-state index in [1.807, 2.05) is 6.07 Å². The Morgan fingerprint density at radius 3 is 2.70 bits per heavy atom. The Morgan fingerprint density at radius 2 is 2.00 bits per heavy atom. The van der Waals surface area contributed by atoms with E-state index in [0.29, 0.717) is 0 Å². The summed E-state index contributed by atoms with van der Waals surface area (Å²) in [5.74, 6) is -0.00642. The van der Waals surface area contributed by atoms with Crippen LogP contribution in [0, 0.1) is 10.8 Å². The Kier molecular flexibility index (Phi) is 3.33.